The Morgan fingerprint density at radius 2 is 1.61 bits per heavy atom. The van der Waals surface area contributed by atoms with Gasteiger partial charge in [0.1, 0.15) is 0 Å². The van der Waals surface area contributed by atoms with E-state index in [1.165, 1.54) is 23.7 Å². The molecule has 0 spiro atoms. The summed E-state index contributed by atoms with van der Waals surface area (Å²) in [4.78, 5) is 0. The summed E-state index contributed by atoms with van der Waals surface area (Å²) in [6.07, 6.45) is 0. The first-order valence-electron chi connectivity index (χ1n) is 7.75. The monoisotopic (exact) mass is 436 g/mol. The quantitative estimate of drug-likeness (QED) is 0.397. The van der Waals surface area contributed by atoms with Crippen molar-refractivity contribution in [2.75, 3.05) is 0 Å². The lowest BCUT2D eigenvalue weighted by atomic mass is 9.78. The highest BCUT2D eigenvalue weighted by Crippen LogP contribution is 2.40. The van der Waals surface area contributed by atoms with Crippen LogP contribution in [0.2, 0.25) is 0 Å². The van der Waals surface area contributed by atoms with E-state index < -0.39 is 0 Å². The van der Waals surface area contributed by atoms with Gasteiger partial charge in [-0.05, 0) is 62.4 Å². The van der Waals surface area contributed by atoms with Crippen molar-refractivity contribution in [2.24, 2.45) is 0 Å². The molecule has 0 amide bonds. The van der Waals surface area contributed by atoms with Crippen molar-refractivity contribution in [1.29, 1.82) is 0 Å². The van der Waals surface area contributed by atoms with Crippen LogP contribution < -0.4 is 5.46 Å². The number of benzene rings is 2. The highest BCUT2D eigenvalue weighted by molar-refractivity contribution is 14.1. The minimum Gasteiger partial charge on any atom is -0.399 e. The zero-order valence-corrected chi connectivity index (χ0v) is 16.6. The summed E-state index contributed by atoms with van der Waals surface area (Å²) in [6.45, 7) is 8.40. The van der Waals surface area contributed by atoms with Crippen LogP contribution in [-0.2, 0) is 9.31 Å². The number of hydrogen-bond acceptors (Lipinski definition) is 3. The van der Waals surface area contributed by atoms with Crippen molar-refractivity contribution in [3.05, 3.63) is 40.0 Å². The van der Waals surface area contributed by atoms with Crippen molar-refractivity contribution in [1.82, 2.24) is 0 Å². The maximum absolute atomic E-state index is 6.28. The zero-order valence-electron chi connectivity index (χ0n) is 13.6. The molecule has 2 aromatic carbocycles. The first-order valence-corrected chi connectivity index (χ1v) is 9.65. The second-order valence-corrected chi connectivity index (χ2v) is 9.24. The maximum Gasteiger partial charge on any atom is 0.496 e. The molecule has 0 atom stereocenters. The second kappa shape index (κ2) is 5.18. The fourth-order valence-electron chi connectivity index (χ4n) is 2.96. The van der Waals surface area contributed by atoms with Gasteiger partial charge >= 0.3 is 7.12 Å². The number of fused-ring (bicyclic) bond motifs is 3. The smallest absolute Gasteiger partial charge is 0.399 e. The molecule has 2 heterocycles. The minimum atomic E-state index is -0.316. The molecule has 0 aliphatic carbocycles. The minimum absolute atomic E-state index is 0.312. The normalized spacial score (nSPS) is 19.8. The van der Waals surface area contributed by atoms with E-state index in [4.69, 9.17) is 9.31 Å². The number of halogens is 1. The molecule has 3 aromatic rings. The van der Waals surface area contributed by atoms with Crippen molar-refractivity contribution in [3.8, 4) is 0 Å². The van der Waals surface area contributed by atoms with Crippen LogP contribution >= 0.6 is 33.9 Å². The van der Waals surface area contributed by atoms with Crippen LogP contribution in [-0.4, -0.2) is 18.3 Å². The molecular weight excluding hydrogens is 418 g/mol. The van der Waals surface area contributed by atoms with E-state index in [1.807, 2.05) is 11.3 Å². The number of hydrogen-bond donors (Lipinski definition) is 0. The van der Waals surface area contributed by atoms with Gasteiger partial charge in [-0.15, -0.1) is 11.3 Å². The molecule has 0 unspecified atom stereocenters. The van der Waals surface area contributed by atoms with Crippen LogP contribution in [0.3, 0.4) is 0 Å². The fraction of sp³-hybridized carbons (Fsp3) is 0.333. The molecule has 1 aromatic heterocycles. The average Bonchev–Trinajstić information content (AvgIpc) is 2.95. The topological polar surface area (TPSA) is 18.5 Å². The lowest BCUT2D eigenvalue weighted by Crippen LogP contribution is -2.41. The lowest BCUT2D eigenvalue weighted by molar-refractivity contribution is 0.00578. The summed E-state index contributed by atoms with van der Waals surface area (Å²) in [5.74, 6) is 0. The molecule has 1 fully saturated rings. The third-order valence-corrected chi connectivity index (χ3v) is 7.13. The summed E-state index contributed by atoms with van der Waals surface area (Å²) in [5.41, 5.74) is 0.508. The van der Waals surface area contributed by atoms with E-state index in [0.29, 0.717) is 0 Å². The molecule has 118 valence electrons. The first-order chi connectivity index (χ1) is 10.8. The molecule has 0 radical (unpaired) electrons. The SMILES string of the molecule is CC1(C)OB(c2ccc(I)c3c2sc2ccccc23)OC1(C)C. The van der Waals surface area contributed by atoms with Crippen molar-refractivity contribution in [2.45, 2.75) is 38.9 Å². The van der Waals surface area contributed by atoms with Crippen LogP contribution in [0.15, 0.2) is 36.4 Å². The van der Waals surface area contributed by atoms with Crippen molar-refractivity contribution >= 4 is 66.7 Å². The van der Waals surface area contributed by atoms with E-state index in [2.05, 4.69) is 86.7 Å². The van der Waals surface area contributed by atoms with Gasteiger partial charge in [0, 0.05) is 29.2 Å². The zero-order chi connectivity index (χ0) is 16.4. The van der Waals surface area contributed by atoms with E-state index >= 15 is 0 Å². The molecule has 0 N–H and O–H groups in total. The van der Waals surface area contributed by atoms with Gasteiger partial charge in [0.25, 0.3) is 0 Å². The summed E-state index contributed by atoms with van der Waals surface area (Å²) in [7, 11) is -0.312. The number of rotatable bonds is 1. The molecule has 1 aliphatic rings. The Morgan fingerprint density at radius 1 is 0.957 bits per heavy atom. The highest BCUT2D eigenvalue weighted by atomic mass is 127. The van der Waals surface area contributed by atoms with E-state index in [-0.39, 0.29) is 18.3 Å². The Balaban J connectivity index is 1.94. The van der Waals surface area contributed by atoms with Crippen LogP contribution in [0, 0.1) is 3.57 Å². The maximum atomic E-state index is 6.28. The first kappa shape index (κ1) is 15.9. The van der Waals surface area contributed by atoms with Crippen molar-refractivity contribution < 1.29 is 9.31 Å². The van der Waals surface area contributed by atoms with Crippen molar-refractivity contribution in [3.63, 3.8) is 0 Å². The van der Waals surface area contributed by atoms with Gasteiger partial charge in [0.05, 0.1) is 11.2 Å². The van der Waals surface area contributed by atoms with Gasteiger partial charge in [0.2, 0.25) is 0 Å². The van der Waals surface area contributed by atoms with Crippen LogP contribution in [0.1, 0.15) is 27.7 Å². The van der Waals surface area contributed by atoms with Gasteiger partial charge in [-0.1, -0.05) is 24.3 Å². The third-order valence-electron chi connectivity index (χ3n) is 5.01. The third kappa shape index (κ3) is 2.35. The Morgan fingerprint density at radius 3 is 2.30 bits per heavy atom. The van der Waals surface area contributed by atoms with E-state index in [1.54, 1.807) is 0 Å². The molecule has 4 rings (SSSR count). The molecule has 2 nitrogen and oxygen atoms in total. The highest BCUT2D eigenvalue weighted by Gasteiger charge is 2.52. The summed E-state index contributed by atoms with van der Waals surface area (Å²) in [5, 5.41) is 2.63. The Bertz CT molecular complexity index is 900. The Kier molecular flexibility index (Phi) is 3.58. The van der Waals surface area contributed by atoms with Gasteiger partial charge in [-0.3, -0.25) is 0 Å². The standard InChI is InChI=1S/C18H18BIO2S/c1-17(2)18(3,4)22-19(21-17)12-9-10-13(20)15-11-7-5-6-8-14(11)23-16(12)15/h5-10H,1-4H3. The molecule has 0 saturated carbocycles. The average molecular weight is 436 g/mol. The summed E-state index contributed by atoms with van der Waals surface area (Å²) >= 11 is 4.25. The molecule has 1 aliphatic heterocycles. The second-order valence-electron chi connectivity index (χ2n) is 7.03. The predicted molar refractivity (Wildman–Crippen MR) is 108 cm³/mol. The van der Waals surface area contributed by atoms with Gasteiger partial charge < -0.3 is 9.31 Å². The summed E-state index contributed by atoms with van der Waals surface area (Å²) < 4.78 is 16.4. The molecule has 5 heteroatoms. The Labute approximate surface area is 154 Å². The molecule has 0 bridgehead atoms. The van der Waals surface area contributed by atoms with Gasteiger partial charge in [-0.25, -0.2) is 0 Å². The molecular formula is C18H18BIO2S. The summed E-state index contributed by atoms with van der Waals surface area (Å²) in [6, 6.07) is 12.9. The lowest BCUT2D eigenvalue weighted by Gasteiger charge is -2.32. The van der Waals surface area contributed by atoms with E-state index in [0.717, 1.165) is 5.46 Å². The van der Waals surface area contributed by atoms with Crippen LogP contribution in [0.5, 0.6) is 0 Å². The Hall–Kier alpha value is -0.625. The fourth-order valence-corrected chi connectivity index (χ4v) is 5.14. The predicted octanol–water partition coefficient (Wildman–Crippen LogP) is 4.96. The van der Waals surface area contributed by atoms with Crippen LogP contribution in [0.25, 0.3) is 20.2 Å². The molecule has 1 saturated heterocycles. The van der Waals surface area contributed by atoms with Gasteiger partial charge in [-0.2, -0.15) is 0 Å². The number of thiophene rings is 1. The van der Waals surface area contributed by atoms with Gasteiger partial charge in [0.15, 0.2) is 0 Å². The molecule has 23 heavy (non-hydrogen) atoms. The van der Waals surface area contributed by atoms with Crippen LogP contribution in [0.4, 0.5) is 0 Å². The van der Waals surface area contributed by atoms with E-state index in [9.17, 15) is 0 Å². The largest absolute Gasteiger partial charge is 0.496 e.